The zero-order valence-corrected chi connectivity index (χ0v) is 14.2. The van der Waals surface area contributed by atoms with Crippen LogP contribution in [0.1, 0.15) is 21.5 Å². The van der Waals surface area contributed by atoms with E-state index in [9.17, 15) is 14.9 Å². The molecule has 130 valence electrons. The number of carbonyl (C=O) groups excluding carboxylic acids is 1. The van der Waals surface area contributed by atoms with Crippen molar-refractivity contribution in [2.24, 2.45) is 0 Å². The van der Waals surface area contributed by atoms with Gasteiger partial charge in [-0.2, -0.15) is 0 Å². The Balaban J connectivity index is 1.75. The van der Waals surface area contributed by atoms with E-state index in [1.165, 1.54) is 24.3 Å². The summed E-state index contributed by atoms with van der Waals surface area (Å²) >= 11 is 0. The first kappa shape index (κ1) is 17.2. The number of benzene rings is 2. The summed E-state index contributed by atoms with van der Waals surface area (Å²) in [5.41, 5.74) is 3.92. The summed E-state index contributed by atoms with van der Waals surface area (Å²) in [5.74, 6) is -0.601. The monoisotopic (exact) mass is 349 g/mol. The van der Waals surface area contributed by atoms with Crippen molar-refractivity contribution in [3.63, 3.8) is 0 Å². The second-order valence-corrected chi connectivity index (χ2v) is 5.77. The number of nitro benzene ring substituents is 1. The molecule has 0 amide bonds. The summed E-state index contributed by atoms with van der Waals surface area (Å²) in [6.45, 7) is 3.98. The fourth-order valence-electron chi connectivity index (χ4n) is 2.40. The lowest BCUT2D eigenvalue weighted by molar-refractivity contribution is -0.384. The topological polar surface area (TPSA) is 95.2 Å². The predicted molar refractivity (Wildman–Crippen MR) is 95.0 cm³/mol. The van der Waals surface area contributed by atoms with Gasteiger partial charge in [0.2, 0.25) is 5.88 Å². The van der Waals surface area contributed by atoms with Gasteiger partial charge in [0, 0.05) is 23.8 Å². The zero-order chi connectivity index (χ0) is 18.7. The molecule has 0 unspecified atom stereocenters. The molecular weight excluding hydrogens is 334 g/mol. The average molecular weight is 349 g/mol. The highest BCUT2D eigenvalue weighted by atomic mass is 16.6. The van der Waals surface area contributed by atoms with E-state index >= 15 is 0 Å². The second kappa shape index (κ2) is 7.10. The van der Waals surface area contributed by atoms with Crippen LogP contribution in [0.5, 0.6) is 5.88 Å². The molecule has 0 atom stereocenters. The van der Waals surface area contributed by atoms with Crippen LogP contribution in [-0.4, -0.2) is 21.1 Å². The normalized spacial score (nSPS) is 10.4. The third-order valence-corrected chi connectivity index (χ3v) is 3.82. The molecule has 7 nitrogen and oxygen atoms in total. The number of nitro groups is 1. The molecule has 3 rings (SSSR count). The molecule has 0 aliphatic carbocycles. The quantitative estimate of drug-likeness (QED) is 0.403. The van der Waals surface area contributed by atoms with Gasteiger partial charge in [-0.3, -0.25) is 10.1 Å². The number of aryl methyl sites for hydroxylation is 2. The molecule has 2 aromatic carbocycles. The number of ether oxygens (including phenoxy) is 1. The van der Waals surface area contributed by atoms with Gasteiger partial charge in [-0.05, 0) is 43.7 Å². The summed E-state index contributed by atoms with van der Waals surface area (Å²) in [7, 11) is 0. The van der Waals surface area contributed by atoms with Crippen LogP contribution >= 0.6 is 0 Å². The first-order chi connectivity index (χ1) is 12.4. The molecule has 7 heteroatoms. The van der Waals surface area contributed by atoms with Crippen molar-refractivity contribution in [3.05, 3.63) is 81.4 Å². The van der Waals surface area contributed by atoms with Crippen molar-refractivity contribution >= 4 is 11.7 Å². The molecule has 1 heterocycles. The van der Waals surface area contributed by atoms with E-state index < -0.39 is 10.9 Å². The van der Waals surface area contributed by atoms with Crippen LogP contribution in [0.3, 0.4) is 0 Å². The van der Waals surface area contributed by atoms with Gasteiger partial charge in [0.05, 0.1) is 16.2 Å². The fraction of sp³-hybridized carbons (Fsp3) is 0.105. The van der Waals surface area contributed by atoms with Crippen LogP contribution < -0.4 is 4.74 Å². The van der Waals surface area contributed by atoms with Crippen molar-refractivity contribution in [1.82, 2.24) is 10.2 Å². The van der Waals surface area contributed by atoms with Crippen molar-refractivity contribution in [1.29, 1.82) is 0 Å². The minimum Gasteiger partial charge on any atom is -0.402 e. The minimum absolute atomic E-state index is 0.0578. The van der Waals surface area contributed by atoms with Crippen LogP contribution in [-0.2, 0) is 0 Å². The van der Waals surface area contributed by atoms with Gasteiger partial charge in [0.1, 0.15) is 0 Å². The van der Waals surface area contributed by atoms with Crippen molar-refractivity contribution in [3.8, 4) is 17.1 Å². The largest absolute Gasteiger partial charge is 0.402 e. The zero-order valence-electron chi connectivity index (χ0n) is 14.2. The van der Waals surface area contributed by atoms with Gasteiger partial charge in [0.25, 0.3) is 5.69 Å². The average Bonchev–Trinajstić information content (AvgIpc) is 2.64. The maximum absolute atomic E-state index is 12.1. The van der Waals surface area contributed by atoms with E-state index in [1.54, 1.807) is 12.1 Å². The Kier molecular flexibility index (Phi) is 4.70. The fourth-order valence-corrected chi connectivity index (χ4v) is 2.40. The molecular formula is C19H15N3O4. The molecule has 0 aliphatic rings. The Labute approximate surface area is 149 Å². The van der Waals surface area contributed by atoms with E-state index in [2.05, 4.69) is 10.2 Å². The molecule has 0 radical (unpaired) electrons. The van der Waals surface area contributed by atoms with Gasteiger partial charge in [0.15, 0.2) is 0 Å². The number of nitrogens with zero attached hydrogens (tertiary/aromatic N) is 3. The molecule has 0 aliphatic heterocycles. The van der Waals surface area contributed by atoms with Crippen LogP contribution in [0.25, 0.3) is 11.3 Å². The molecule has 0 bridgehead atoms. The minimum atomic E-state index is -0.659. The Morgan fingerprint density at radius 1 is 1.00 bits per heavy atom. The Hall–Kier alpha value is -3.61. The number of aromatic nitrogens is 2. The van der Waals surface area contributed by atoms with Gasteiger partial charge < -0.3 is 4.74 Å². The highest BCUT2D eigenvalue weighted by molar-refractivity contribution is 5.91. The van der Waals surface area contributed by atoms with Crippen LogP contribution in [0.15, 0.2) is 54.6 Å². The van der Waals surface area contributed by atoms with E-state index in [-0.39, 0.29) is 17.1 Å². The molecule has 26 heavy (non-hydrogen) atoms. The number of non-ortho nitro benzene ring substituents is 1. The predicted octanol–water partition coefficient (Wildman–Crippen LogP) is 3.89. The summed E-state index contributed by atoms with van der Waals surface area (Å²) in [6, 6.07) is 14.5. The van der Waals surface area contributed by atoms with E-state index in [1.807, 2.05) is 32.0 Å². The lowest BCUT2D eigenvalue weighted by Crippen LogP contribution is -2.10. The molecule has 3 aromatic rings. The highest BCUT2D eigenvalue weighted by Crippen LogP contribution is 2.23. The maximum atomic E-state index is 12.1. The number of rotatable bonds is 4. The Morgan fingerprint density at radius 2 is 1.73 bits per heavy atom. The Bertz CT molecular complexity index is 967. The molecule has 0 saturated carbocycles. The van der Waals surface area contributed by atoms with Gasteiger partial charge in [-0.1, -0.05) is 17.7 Å². The Morgan fingerprint density at radius 3 is 2.35 bits per heavy atom. The summed E-state index contributed by atoms with van der Waals surface area (Å²) in [5, 5.41) is 18.7. The lowest BCUT2D eigenvalue weighted by atomic mass is 10.0. The van der Waals surface area contributed by atoms with Gasteiger partial charge in [-0.15, -0.1) is 10.2 Å². The summed E-state index contributed by atoms with van der Waals surface area (Å²) in [6.07, 6.45) is 0. The molecule has 0 N–H and O–H groups in total. The number of carbonyl (C=O) groups is 1. The maximum Gasteiger partial charge on any atom is 0.344 e. The van der Waals surface area contributed by atoms with Crippen molar-refractivity contribution in [2.45, 2.75) is 13.8 Å². The highest BCUT2D eigenvalue weighted by Gasteiger charge is 2.13. The van der Waals surface area contributed by atoms with E-state index in [0.29, 0.717) is 5.69 Å². The molecule has 0 saturated heterocycles. The van der Waals surface area contributed by atoms with Crippen molar-refractivity contribution in [2.75, 3.05) is 0 Å². The summed E-state index contributed by atoms with van der Waals surface area (Å²) < 4.78 is 5.16. The van der Waals surface area contributed by atoms with E-state index in [0.717, 1.165) is 16.7 Å². The molecule has 1 aromatic heterocycles. The van der Waals surface area contributed by atoms with E-state index in [4.69, 9.17) is 4.74 Å². The third-order valence-electron chi connectivity index (χ3n) is 3.82. The van der Waals surface area contributed by atoms with Crippen LogP contribution in [0.4, 0.5) is 5.69 Å². The first-order valence-corrected chi connectivity index (χ1v) is 7.82. The smallest absolute Gasteiger partial charge is 0.344 e. The number of hydrogen-bond acceptors (Lipinski definition) is 6. The van der Waals surface area contributed by atoms with Crippen LogP contribution in [0.2, 0.25) is 0 Å². The molecule has 0 spiro atoms. The SMILES string of the molecule is Cc1ccc(C)c(-c2ccc(OC(=O)c3ccc([N+](=O)[O-])cc3)nn2)c1. The number of hydrogen-bond donors (Lipinski definition) is 0. The van der Waals surface area contributed by atoms with Gasteiger partial charge >= 0.3 is 5.97 Å². The second-order valence-electron chi connectivity index (χ2n) is 5.77. The number of esters is 1. The lowest BCUT2D eigenvalue weighted by Gasteiger charge is -2.07. The first-order valence-electron chi connectivity index (χ1n) is 7.82. The standard InChI is InChI=1S/C19H15N3O4/c1-12-3-4-13(2)16(11-12)17-9-10-18(21-20-17)26-19(23)14-5-7-15(8-6-14)22(24)25/h3-11H,1-2H3. The van der Waals surface area contributed by atoms with Gasteiger partial charge in [-0.25, -0.2) is 4.79 Å². The molecule has 0 fully saturated rings. The summed E-state index contributed by atoms with van der Waals surface area (Å²) in [4.78, 5) is 22.2. The van der Waals surface area contributed by atoms with Crippen LogP contribution in [0, 0.1) is 24.0 Å². The third kappa shape index (κ3) is 3.72. The van der Waals surface area contributed by atoms with Crippen molar-refractivity contribution < 1.29 is 14.5 Å².